The molecular formula is C13H12N2O2S. The van der Waals surface area contributed by atoms with Crippen molar-refractivity contribution in [3.8, 4) is 10.6 Å². The van der Waals surface area contributed by atoms with Crippen molar-refractivity contribution in [1.82, 2.24) is 9.97 Å². The fraction of sp³-hybridized carbons (Fsp3) is 0.231. The zero-order chi connectivity index (χ0) is 12.5. The summed E-state index contributed by atoms with van der Waals surface area (Å²) in [7, 11) is 0. The molecule has 0 saturated carbocycles. The molecule has 0 atom stereocenters. The van der Waals surface area contributed by atoms with Gasteiger partial charge in [0.05, 0.1) is 5.69 Å². The maximum Gasteiger partial charge on any atom is 0.181 e. The summed E-state index contributed by atoms with van der Waals surface area (Å²) in [4.78, 5) is 9.75. The number of nitrogens with zero attached hydrogens (tertiary/aromatic N) is 2. The molecule has 0 unspecified atom stereocenters. The van der Waals surface area contributed by atoms with E-state index in [1.54, 1.807) is 11.3 Å². The van der Waals surface area contributed by atoms with Gasteiger partial charge in [-0.25, -0.2) is 9.97 Å². The number of aromatic nitrogens is 2. The molecule has 5 heteroatoms. The van der Waals surface area contributed by atoms with Crippen LogP contribution in [0.25, 0.3) is 21.7 Å². The van der Waals surface area contributed by atoms with Crippen LogP contribution in [0, 0.1) is 6.92 Å². The molecule has 0 spiro atoms. The number of hydrogen-bond donors (Lipinski definition) is 1. The third kappa shape index (κ3) is 1.91. The molecule has 1 aromatic carbocycles. The standard InChI is InChI=1S/C13H12N2O2S/c1-8-12(4-5-16)18-13(15-8)9-2-3-10-11(6-9)17-7-14-10/h2-3,6-7,16H,4-5H2,1H3. The smallest absolute Gasteiger partial charge is 0.181 e. The number of rotatable bonds is 3. The Bertz CT molecular complexity index is 687. The first-order valence-corrected chi connectivity index (χ1v) is 6.50. The zero-order valence-electron chi connectivity index (χ0n) is 9.88. The van der Waals surface area contributed by atoms with Gasteiger partial charge in [-0.2, -0.15) is 0 Å². The van der Waals surface area contributed by atoms with Crippen LogP contribution in [-0.4, -0.2) is 21.7 Å². The predicted octanol–water partition coefficient (Wildman–Crippen LogP) is 2.79. The highest BCUT2D eigenvalue weighted by molar-refractivity contribution is 7.15. The molecule has 92 valence electrons. The van der Waals surface area contributed by atoms with Gasteiger partial charge in [0.2, 0.25) is 0 Å². The Morgan fingerprint density at radius 3 is 3.11 bits per heavy atom. The minimum atomic E-state index is 0.156. The SMILES string of the molecule is Cc1nc(-c2ccc3ncoc3c2)sc1CCO. The van der Waals surface area contributed by atoms with Crippen LogP contribution >= 0.6 is 11.3 Å². The monoisotopic (exact) mass is 260 g/mol. The molecule has 0 saturated heterocycles. The number of oxazole rings is 1. The summed E-state index contributed by atoms with van der Waals surface area (Å²) in [6.07, 6.45) is 2.10. The molecule has 1 N–H and O–H groups in total. The van der Waals surface area contributed by atoms with Crippen LogP contribution in [0.5, 0.6) is 0 Å². The number of benzene rings is 1. The number of aliphatic hydroxyl groups excluding tert-OH is 1. The fourth-order valence-electron chi connectivity index (χ4n) is 1.87. The van der Waals surface area contributed by atoms with Crippen LogP contribution in [0.3, 0.4) is 0 Å². The van der Waals surface area contributed by atoms with Gasteiger partial charge in [-0.3, -0.25) is 0 Å². The molecule has 3 aromatic rings. The molecule has 0 fully saturated rings. The van der Waals surface area contributed by atoms with Gasteiger partial charge in [0.15, 0.2) is 12.0 Å². The third-order valence-corrected chi connectivity index (χ3v) is 4.08. The average Bonchev–Trinajstić information content (AvgIpc) is 2.96. The number of fused-ring (bicyclic) bond motifs is 1. The van der Waals surface area contributed by atoms with Crippen molar-refractivity contribution in [2.24, 2.45) is 0 Å². The van der Waals surface area contributed by atoms with E-state index in [-0.39, 0.29) is 6.61 Å². The van der Waals surface area contributed by atoms with Gasteiger partial charge in [0, 0.05) is 23.5 Å². The molecule has 0 aliphatic carbocycles. The molecule has 0 radical (unpaired) electrons. The Labute approximate surface area is 108 Å². The molecule has 2 aromatic heterocycles. The van der Waals surface area contributed by atoms with E-state index >= 15 is 0 Å². The number of aliphatic hydroxyl groups is 1. The Morgan fingerprint density at radius 2 is 2.28 bits per heavy atom. The van der Waals surface area contributed by atoms with Crippen molar-refractivity contribution in [2.45, 2.75) is 13.3 Å². The second-order valence-electron chi connectivity index (χ2n) is 4.04. The molecule has 0 bridgehead atoms. The maximum absolute atomic E-state index is 8.99. The van der Waals surface area contributed by atoms with E-state index < -0.39 is 0 Å². The van der Waals surface area contributed by atoms with E-state index in [9.17, 15) is 0 Å². The molecule has 0 aliphatic rings. The molecule has 0 aliphatic heterocycles. The van der Waals surface area contributed by atoms with Crippen molar-refractivity contribution in [2.75, 3.05) is 6.61 Å². The Morgan fingerprint density at radius 1 is 1.39 bits per heavy atom. The summed E-state index contributed by atoms with van der Waals surface area (Å²) in [5, 5.41) is 9.95. The summed E-state index contributed by atoms with van der Waals surface area (Å²) in [5.74, 6) is 0. The molecule has 4 nitrogen and oxygen atoms in total. The number of aryl methyl sites for hydroxylation is 1. The van der Waals surface area contributed by atoms with Crippen LogP contribution in [0.4, 0.5) is 0 Å². The molecular weight excluding hydrogens is 248 g/mol. The van der Waals surface area contributed by atoms with Gasteiger partial charge >= 0.3 is 0 Å². The van der Waals surface area contributed by atoms with Gasteiger partial charge in [0.1, 0.15) is 10.5 Å². The van der Waals surface area contributed by atoms with Crippen LogP contribution in [0.15, 0.2) is 29.0 Å². The van der Waals surface area contributed by atoms with E-state index in [0.717, 1.165) is 32.2 Å². The van der Waals surface area contributed by atoms with Gasteiger partial charge in [-0.15, -0.1) is 11.3 Å². The first-order valence-electron chi connectivity index (χ1n) is 5.68. The van der Waals surface area contributed by atoms with Gasteiger partial charge in [-0.05, 0) is 25.1 Å². The summed E-state index contributed by atoms with van der Waals surface area (Å²) in [5.41, 5.74) is 3.63. The minimum Gasteiger partial charge on any atom is -0.443 e. The number of thiazole rings is 1. The van der Waals surface area contributed by atoms with E-state index in [1.807, 2.05) is 25.1 Å². The van der Waals surface area contributed by atoms with Crippen LogP contribution in [-0.2, 0) is 6.42 Å². The number of hydrogen-bond acceptors (Lipinski definition) is 5. The highest BCUT2D eigenvalue weighted by Crippen LogP contribution is 2.30. The van der Waals surface area contributed by atoms with E-state index in [0.29, 0.717) is 6.42 Å². The summed E-state index contributed by atoms with van der Waals surface area (Å²) < 4.78 is 5.29. The lowest BCUT2D eigenvalue weighted by Crippen LogP contribution is -1.88. The third-order valence-electron chi connectivity index (χ3n) is 2.81. The van der Waals surface area contributed by atoms with E-state index in [2.05, 4.69) is 9.97 Å². The highest BCUT2D eigenvalue weighted by atomic mass is 32.1. The zero-order valence-corrected chi connectivity index (χ0v) is 10.7. The van der Waals surface area contributed by atoms with Crippen LogP contribution in [0.2, 0.25) is 0 Å². The Kier molecular flexibility index (Phi) is 2.85. The Balaban J connectivity index is 2.05. The molecule has 0 amide bonds. The largest absolute Gasteiger partial charge is 0.443 e. The lowest BCUT2D eigenvalue weighted by Gasteiger charge is -1.94. The van der Waals surface area contributed by atoms with Crippen molar-refractivity contribution < 1.29 is 9.52 Å². The molecule has 18 heavy (non-hydrogen) atoms. The van der Waals surface area contributed by atoms with E-state index in [4.69, 9.17) is 9.52 Å². The second kappa shape index (κ2) is 4.51. The Hall–Kier alpha value is -1.72. The maximum atomic E-state index is 8.99. The van der Waals surface area contributed by atoms with Crippen molar-refractivity contribution in [3.05, 3.63) is 35.2 Å². The van der Waals surface area contributed by atoms with Crippen molar-refractivity contribution >= 4 is 22.4 Å². The summed E-state index contributed by atoms with van der Waals surface area (Å²) in [6, 6.07) is 5.87. The normalized spacial score (nSPS) is 11.2. The summed E-state index contributed by atoms with van der Waals surface area (Å²) >= 11 is 1.62. The second-order valence-corrected chi connectivity index (χ2v) is 5.12. The van der Waals surface area contributed by atoms with Gasteiger partial charge in [-0.1, -0.05) is 0 Å². The van der Waals surface area contributed by atoms with Crippen molar-refractivity contribution in [1.29, 1.82) is 0 Å². The lowest BCUT2D eigenvalue weighted by atomic mass is 10.2. The summed E-state index contributed by atoms with van der Waals surface area (Å²) in [6.45, 7) is 2.13. The predicted molar refractivity (Wildman–Crippen MR) is 70.6 cm³/mol. The topological polar surface area (TPSA) is 59.2 Å². The van der Waals surface area contributed by atoms with Crippen molar-refractivity contribution in [3.63, 3.8) is 0 Å². The minimum absolute atomic E-state index is 0.156. The molecule has 2 heterocycles. The van der Waals surface area contributed by atoms with Crippen LogP contribution in [0.1, 0.15) is 10.6 Å². The van der Waals surface area contributed by atoms with Gasteiger partial charge in [0.25, 0.3) is 0 Å². The highest BCUT2D eigenvalue weighted by Gasteiger charge is 2.10. The first kappa shape index (κ1) is 11.4. The van der Waals surface area contributed by atoms with E-state index in [1.165, 1.54) is 6.39 Å². The fourth-order valence-corrected chi connectivity index (χ4v) is 2.92. The quantitative estimate of drug-likeness (QED) is 0.786. The van der Waals surface area contributed by atoms with Gasteiger partial charge < -0.3 is 9.52 Å². The van der Waals surface area contributed by atoms with Crippen LogP contribution < -0.4 is 0 Å². The molecule has 3 rings (SSSR count). The first-order chi connectivity index (χ1) is 8.78. The lowest BCUT2D eigenvalue weighted by molar-refractivity contribution is 0.300. The average molecular weight is 260 g/mol.